The molecule has 7 heteroatoms. The standard InChI is InChI=1S/C14H19N5O2/c1-4-19-12(16-8-17-19)7-21-13-9(2)5-11(6-10(13)3)14(15)18-20/h5-6,8,20H,4,7H2,1-3H3,(H2,15,18). The molecule has 0 aliphatic heterocycles. The van der Waals surface area contributed by atoms with Crippen molar-refractivity contribution in [2.75, 3.05) is 0 Å². The molecule has 0 spiro atoms. The van der Waals surface area contributed by atoms with Crippen LogP contribution in [0.15, 0.2) is 23.6 Å². The van der Waals surface area contributed by atoms with E-state index in [1.807, 2.05) is 32.9 Å². The smallest absolute Gasteiger partial charge is 0.170 e. The minimum Gasteiger partial charge on any atom is -0.485 e. The Morgan fingerprint density at radius 2 is 2.05 bits per heavy atom. The molecule has 0 amide bonds. The van der Waals surface area contributed by atoms with Crippen LogP contribution in [0.5, 0.6) is 5.75 Å². The second-order valence-electron chi connectivity index (χ2n) is 4.71. The summed E-state index contributed by atoms with van der Waals surface area (Å²) in [5, 5.41) is 15.9. The van der Waals surface area contributed by atoms with Crippen molar-refractivity contribution < 1.29 is 9.94 Å². The first kappa shape index (κ1) is 14.8. The van der Waals surface area contributed by atoms with E-state index in [0.29, 0.717) is 12.2 Å². The van der Waals surface area contributed by atoms with Gasteiger partial charge in [-0.3, -0.25) is 0 Å². The van der Waals surface area contributed by atoms with E-state index in [9.17, 15) is 0 Å². The Labute approximate surface area is 123 Å². The molecule has 0 radical (unpaired) electrons. The van der Waals surface area contributed by atoms with Gasteiger partial charge in [0.2, 0.25) is 0 Å². The van der Waals surface area contributed by atoms with Crippen LogP contribution < -0.4 is 10.5 Å². The van der Waals surface area contributed by atoms with E-state index in [0.717, 1.165) is 29.2 Å². The van der Waals surface area contributed by atoms with E-state index in [4.69, 9.17) is 15.7 Å². The lowest BCUT2D eigenvalue weighted by atomic mass is 10.1. The number of hydrogen-bond acceptors (Lipinski definition) is 5. The number of ether oxygens (including phenoxy) is 1. The maximum atomic E-state index is 8.74. The van der Waals surface area contributed by atoms with Crippen molar-refractivity contribution in [2.24, 2.45) is 10.9 Å². The molecule has 7 nitrogen and oxygen atoms in total. The zero-order valence-electron chi connectivity index (χ0n) is 12.4. The summed E-state index contributed by atoms with van der Waals surface area (Å²) in [7, 11) is 0. The zero-order valence-corrected chi connectivity index (χ0v) is 12.4. The molecule has 0 bridgehead atoms. The minimum absolute atomic E-state index is 0.0819. The Bertz CT molecular complexity index is 640. The fraction of sp³-hybridized carbons (Fsp3) is 0.357. The maximum absolute atomic E-state index is 8.74. The predicted octanol–water partition coefficient (Wildman–Crippen LogP) is 1.59. The number of aryl methyl sites for hydroxylation is 3. The van der Waals surface area contributed by atoms with Crippen molar-refractivity contribution in [2.45, 2.75) is 33.9 Å². The molecule has 2 rings (SSSR count). The summed E-state index contributed by atoms with van der Waals surface area (Å²) in [5.41, 5.74) is 8.10. The number of benzene rings is 1. The molecule has 3 N–H and O–H groups in total. The molecule has 0 atom stereocenters. The summed E-state index contributed by atoms with van der Waals surface area (Å²) >= 11 is 0. The summed E-state index contributed by atoms with van der Waals surface area (Å²) in [6, 6.07) is 3.64. The highest BCUT2D eigenvalue weighted by Crippen LogP contribution is 2.25. The van der Waals surface area contributed by atoms with Crippen LogP contribution in [0.4, 0.5) is 0 Å². The number of nitrogens with two attached hydrogens (primary N) is 1. The largest absolute Gasteiger partial charge is 0.485 e. The molecule has 1 aromatic carbocycles. The second-order valence-corrected chi connectivity index (χ2v) is 4.71. The van der Waals surface area contributed by atoms with Crippen LogP contribution in [0, 0.1) is 13.8 Å². The summed E-state index contributed by atoms with van der Waals surface area (Å²) in [6.45, 7) is 6.93. The fourth-order valence-corrected chi connectivity index (χ4v) is 2.18. The van der Waals surface area contributed by atoms with E-state index in [2.05, 4.69) is 15.2 Å². The highest BCUT2D eigenvalue weighted by atomic mass is 16.5. The number of rotatable bonds is 5. The van der Waals surface area contributed by atoms with Gasteiger partial charge < -0.3 is 15.7 Å². The normalized spacial score (nSPS) is 11.7. The third-order valence-corrected chi connectivity index (χ3v) is 3.20. The van der Waals surface area contributed by atoms with Crippen molar-refractivity contribution in [3.05, 3.63) is 41.0 Å². The van der Waals surface area contributed by atoms with Gasteiger partial charge in [-0.1, -0.05) is 5.16 Å². The third kappa shape index (κ3) is 3.13. The van der Waals surface area contributed by atoms with Crippen LogP contribution in [0.2, 0.25) is 0 Å². The van der Waals surface area contributed by atoms with E-state index < -0.39 is 0 Å². The van der Waals surface area contributed by atoms with Gasteiger partial charge in [0, 0.05) is 12.1 Å². The van der Waals surface area contributed by atoms with Crippen LogP contribution in [0.1, 0.15) is 29.4 Å². The molecule has 112 valence electrons. The van der Waals surface area contributed by atoms with Gasteiger partial charge in [-0.25, -0.2) is 9.67 Å². The summed E-state index contributed by atoms with van der Waals surface area (Å²) < 4.78 is 7.64. The Morgan fingerprint density at radius 3 is 2.62 bits per heavy atom. The molecular weight excluding hydrogens is 270 g/mol. The summed E-state index contributed by atoms with van der Waals surface area (Å²) in [4.78, 5) is 4.18. The minimum atomic E-state index is 0.0819. The molecule has 21 heavy (non-hydrogen) atoms. The second kappa shape index (κ2) is 6.25. The van der Waals surface area contributed by atoms with Crippen LogP contribution in [-0.2, 0) is 13.2 Å². The number of aromatic nitrogens is 3. The third-order valence-electron chi connectivity index (χ3n) is 3.20. The van der Waals surface area contributed by atoms with Gasteiger partial charge >= 0.3 is 0 Å². The van der Waals surface area contributed by atoms with E-state index in [1.165, 1.54) is 6.33 Å². The maximum Gasteiger partial charge on any atom is 0.170 e. The zero-order chi connectivity index (χ0) is 15.4. The Morgan fingerprint density at radius 1 is 1.38 bits per heavy atom. The fourth-order valence-electron chi connectivity index (χ4n) is 2.18. The Kier molecular flexibility index (Phi) is 4.42. The first-order valence-corrected chi connectivity index (χ1v) is 6.65. The van der Waals surface area contributed by atoms with Gasteiger partial charge in [0.25, 0.3) is 0 Å². The van der Waals surface area contributed by atoms with Crippen LogP contribution in [-0.4, -0.2) is 25.8 Å². The molecule has 1 heterocycles. The molecule has 0 fully saturated rings. The highest BCUT2D eigenvalue weighted by Gasteiger charge is 2.11. The molecular formula is C14H19N5O2. The number of oxime groups is 1. The van der Waals surface area contributed by atoms with Crippen LogP contribution in [0.3, 0.4) is 0 Å². The number of hydrogen-bond donors (Lipinski definition) is 2. The number of nitrogens with zero attached hydrogens (tertiary/aromatic N) is 4. The Hall–Kier alpha value is -2.57. The van der Waals surface area contributed by atoms with Crippen molar-refractivity contribution in [3.8, 4) is 5.75 Å². The first-order valence-electron chi connectivity index (χ1n) is 6.65. The monoisotopic (exact) mass is 289 g/mol. The average molecular weight is 289 g/mol. The first-order chi connectivity index (χ1) is 10.1. The van der Waals surface area contributed by atoms with Gasteiger partial charge in [-0.05, 0) is 44.0 Å². The van der Waals surface area contributed by atoms with Gasteiger partial charge in [-0.2, -0.15) is 5.10 Å². The molecule has 0 saturated heterocycles. The van der Waals surface area contributed by atoms with Crippen molar-refractivity contribution in [1.29, 1.82) is 0 Å². The summed E-state index contributed by atoms with van der Waals surface area (Å²) in [5.74, 6) is 1.63. The van der Waals surface area contributed by atoms with Gasteiger partial charge in [0.15, 0.2) is 11.7 Å². The van der Waals surface area contributed by atoms with Gasteiger partial charge in [0.1, 0.15) is 18.7 Å². The van der Waals surface area contributed by atoms with Crippen LogP contribution in [0.25, 0.3) is 0 Å². The van der Waals surface area contributed by atoms with Crippen LogP contribution >= 0.6 is 0 Å². The van der Waals surface area contributed by atoms with E-state index in [1.54, 1.807) is 4.68 Å². The SMILES string of the molecule is CCn1ncnc1COc1c(C)cc(C(N)=NO)cc1C. The molecule has 2 aromatic rings. The Balaban J connectivity index is 2.21. The van der Waals surface area contributed by atoms with Crippen molar-refractivity contribution in [1.82, 2.24) is 14.8 Å². The lowest BCUT2D eigenvalue weighted by Crippen LogP contribution is -2.14. The van der Waals surface area contributed by atoms with E-state index >= 15 is 0 Å². The van der Waals surface area contributed by atoms with Crippen molar-refractivity contribution >= 4 is 5.84 Å². The van der Waals surface area contributed by atoms with Gasteiger partial charge in [0.05, 0.1) is 0 Å². The molecule has 0 aliphatic rings. The topological polar surface area (TPSA) is 98.5 Å². The lowest BCUT2D eigenvalue weighted by molar-refractivity contribution is 0.283. The molecule has 0 unspecified atom stereocenters. The molecule has 1 aromatic heterocycles. The average Bonchev–Trinajstić information content (AvgIpc) is 2.92. The molecule has 0 aliphatic carbocycles. The number of amidine groups is 1. The quantitative estimate of drug-likeness (QED) is 0.377. The predicted molar refractivity (Wildman–Crippen MR) is 78.5 cm³/mol. The van der Waals surface area contributed by atoms with E-state index in [-0.39, 0.29) is 5.84 Å². The highest BCUT2D eigenvalue weighted by molar-refractivity contribution is 5.97. The van der Waals surface area contributed by atoms with Crippen molar-refractivity contribution in [3.63, 3.8) is 0 Å². The lowest BCUT2D eigenvalue weighted by Gasteiger charge is -2.13. The summed E-state index contributed by atoms with van der Waals surface area (Å²) in [6.07, 6.45) is 1.52. The molecule has 0 saturated carbocycles. The van der Waals surface area contributed by atoms with Gasteiger partial charge in [-0.15, -0.1) is 0 Å².